The monoisotopic (exact) mass is 513 g/mol. The van der Waals surface area contributed by atoms with Gasteiger partial charge >= 0.3 is 6.18 Å². The molecule has 0 spiro atoms. The standard InChI is InChI=1S/C27H22F3NO6/c1-35-18-9-7-15(8-10-18)24(32)22-23(20-12-11-19(36-2)14-21(20)37-3)31(26(34)25(22)33)17-6-4-5-16(13-17)27(28,29)30/h4-14,23,32H,1-3H3/b24-22+. The Bertz CT molecular complexity index is 1380. The van der Waals surface area contributed by atoms with Gasteiger partial charge < -0.3 is 19.3 Å². The number of hydrogen-bond acceptors (Lipinski definition) is 6. The van der Waals surface area contributed by atoms with E-state index in [9.17, 15) is 27.9 Å². The zero-order valence-electron chi connectivity index (χ0n) is 20.0. The molecule has 1 aliphatic rings. The number of ether oxygens (including phenoxy) is 3. The second kappa shape index (κ2) is 9.88. The molecule has 1 amide bonds. The van der Waals surface area contributed by atoms with Crippen LogP contribution in [-0.2, 0) is 15.8 Å². The van der Waals surface area contributed by atoms with E-state index in [1.165, 1.54) is 51.7 Å². The molecule has 1 atom stereocenters. The molecule has 3 aromatic rings. The lowest BCUT2D eigenvalue weighted by molar-refractivity contribution is -0.137. The molecular formula is C27H22F3NO6. The van der Waals surface area contributed by atoms with Crippen molar-refractivity contribution < 1.29 is 42.1 Å². The normalized spacial score (nSPS) is 17.1. The van der Waals surface area contributed by atoms with Crippen molar-refractivity contribution in [3.8, 4) is 17.2 Å². The smallest absolute Gasteiger partial charge is 0.416 e. The molecule has 1 fully saturated rings. The number of alkyl halides is 3. The Kier molecular flexibility index (Phi) is 6.84. The number of Topliss-reactive ketones (excluding diaryl/α,β-unsaturated/α-hetero) is 1. The van der Waals surface area contributed by atoms with Gasteiger partial charge in [0.25, 0.3) is 11.7 Å². The molecule has 10 heteroatoms. The molecule has 7 nitrogen and oxygen atoms in total. The van der Waals surface area contributed by atoms with E-state index in [4.69, 9.17) is 14.2 Å². The number of amides is 1. The second-order valence-corrected chi connectivity index (χ2v) is 8.05. The molecule has 4 rings (SSSR count). The Morgan fingerprint density at radius 1 is 0.865 bits per heavy atom. The number of methoxy groups -OCH3 is 3. The number of ketones is 1. The first-order chi connectivity index (χ1) is 17.6. The predicted octanol–water partition coefficient (Wildman–Crippen LogP) is 5.36. The Morgan fingerprint density at radius 2 is 1.51 bits per heavy atom. The van der Waals surface area contributed by atoms with Crippen LogP contribution in [0.5, 0.6) is 17.2 Å². The molecule has 37 heavy (non-hydrogen) atoms. The Labute approximate surface area is 210 Å². The first kappa shape index (κ1) is 25.6. The summed E-state index contributed by atoms with van der Waals surface area (Å²) in [5, 5.41) is 11.2. The molecule has 0 saturated carbocycles. The number of aliphatic hydroxyl groups is 1. The molecule has 1 aliphatic heterocycles. The molecule has 1 saturated heterocycles. The number of halogens is 3. The molecule has 0 aromatic heterocycles. The van der Waals surface area contributed by atoms with Crippen LogP contribution in [0.2, 0.25) is 0 Å². The maximum absolute atomic E-state index is 13.5. The van der Waals surface area contributed by atoms with Gasteiger partial charge in [0, 0.05) is 22.9 Å². The van der Waals surface area contributed by atoms with Gasteiger partial charge in [-0.05, 0) is 54.6 Å². The first-order valence-electron chi connectivity index (χ1n) is 10.9. The summed E-state index contributed by atoms with van der Waals surface area (Å²) in [5.41, 5.74) is -1.01. The number of rotatable bonds is 6. The van der Waals surface area contributed by atoms with Gasteiger partial charge in [-0.15, -0.1) is 0 Å². The Morgan fingerprint density at radius 3 is 2.11 bits per heavy atom. The molecule has 1 heterocycles. The van der Waals surface area contributed by atoms with Crippen molar-refractivity contribution in [2.75, 3.05) is 26.2 Å². The van der Waals surface area contributed by atoms with Crippen molar-refractivity contribution in [1.82, 2.24) is 0 Å². The predicted molar refractivity (Wildman–Crippen MR) is 129 cm³/mol. The van der Waals surface area contributed by atoms with Crippen LogP contribution in [0.1, 0.15) is 22.7 Å². The number of benzene rings is 3. The highest BCUT2D eigenvalue weighted by atomic mass is 19.4. The minimum atomic E-state index is -4.68. The van der Waals surface area contributed by atoms with Gasteiger partial charge in [-0.2, -0.15) is 13.2 Å². The molecule has 1 N–H and O–H groups in total. The van der Waals surface area contributed by atoms with E-state index in [2.05, 4.69) is 0 Å². The average molecular weight is 513 g/mol. The number of nitrogens with zero attached hydrogens (tertiary/aromatic N) is 1. The van der Waals surface area contributed by atoms with E-state index in [0.29, 0.717) is 11.5 Å². The summed E-state index contributed by atoms with van der Waals surface area (Å²) in [6, 6.07) is 13.5. The highest BCUT2D eigenvalue weighted by Crippen LogP contribution is 2.46. The maximum Gasteiger partial charge on any atom is 0.416 e. The zero-order chi connectivity index (χ0) is 26.9. The van der Waals surface area contributed by atoms with Gasteiger partial charge in [0.1, 0.15) is 23.0 Å². The van der Waals surface area contributed by atoms with E-state index >= 15 is 0 Å². The molecule has 0 bridgehead atoms. The van der Waals surface area contributed by atoms with E-state index in [-0.39, 0.29) is 28.1 Å². The van der Waals surface area contributed by atoms with Crippen LogP contribution in [0.4, 0.5) is 18.9 Å². The molecule has 192 valence electrons. The summed E-state index contributed by atoms with van der Waals surface area (Å²) in [5.74, 6) is -1.56. The molecule has 3 aromatic carbocycles. The third kappa shape index (κ3) is 4.69. The van der Waals surface area contributed by atoms with Crippen molar-refractivity contribution in [2.45, 2.75) is 12.2 Å². The van der Waals surface area contributed by atoms with Gasteiger partial charge in [-0.1, -0.05) is 6.07 Å². The fourth-order valence-corrected chi connectivity index (χ4v) is 4.17. The van der Waals surface area contributed by atoms with Crippen molar-refractivity contribution in [2.24, 2.45) is 0 Å². The summed E-state index contributed by atoms with van der Waals surface area (Å²) in [6.07, 6.45) is -4.68. The van der Waals surface area contributed by atoms with Crippen molar-refractivity contribution in [1.29, 1.82) is 0 Å². The van der Waals surface area contributed by atoms with E-state index < -0.39 is 35.2 Å². The molecule has 0 radical (unpaired) electrons. The van der Waals surface area contributed by atoms with Gasteiger partial charge in [0.2, 0.25) is 0 Å². The van der Waals surface area contributed by atoms with Crippen LogP contribution < -0.4 is 19.1 Å². The zero-order valence-corrected chi connectivity index (χ0v) is 20.0. The van der Waals surface area contributed by atoms with Crippen LogP contribution in [-0.4, -0.2) is 38.1 Å². The summed E-state index contributed by atoms with van der Waals surface area (Å²) < 4.78 is 56.2. The quantitative estimate of drug-likeness (QED) is 0.272. The van der Waals surface area contributed by atoms with Crippen LogP contribution >= 0.6 is 0 Å². The lowest BCUT2D eigenvalue weighted by Gasteiger charge is -2.27. The second-order valence-electron chi connectivity index (χ2n) is 8.05. The van der Waals surface area contributed by atoms with Crippen LogP contribution in [0.25, 0.3) is 5.76 Å². The van der Waals surface area contributed by atoms with Crippen molar-refractivity contribution in [3.05, 3.63) is 89.0 Å². The first-order valence-corrected chi connectivity index (χ1v) is 10.9. The number of anilines is 1. The average Bonchev–Trinajstić information content (AvgIpc) is 3.17. The highest BCUT2D eigenvalue weighted by Gasteiger charge is 2.48. The van der Waals surface area contributed by atoms with Crippen LogP contribution in [0.15, 0.2) is 72.3 Å². The summed E-state index contributed by atoms with van der Waals surface area (Å²) in [6.45, 7) is 0. The fraction of sp³-hybridized carbons (Fsp3) is 0.185. The third-order valence-electron chi connectivity index (χ3n) is 5.99. The van der Waals surface area contributed by atoms with Crippen LogP contribution in [0.3, 0.4) is 0 Å². The summed E-state index contributed by atoms with van der Waals surface area (Å²) in [4.78, 5) is 27.5. The van der Waals surface area contributed by atoms with Crippen molar-refractivity contribution in [3.63, 3.8) is 0 Å². The maximum atomic E-state index is 13.5. The third-order valence-corrected chi connectivity index (χ3v) is 5.99. The summed E-state index contributed by atoms with van der Waals surface area (Å²) >= 11 is 0. The number of carbonyl (C=O) groups is 2. The van der Waals surface area contributed by atoms with Gasteiger partial charge in [-0.3, -0.25) is 14.5 Å². The minimum absolute atomic E-state index is 0.173. The molecular weight excluding hydrogens is 491 g/mol. The minimum Gasteiger partial charge on any atom is -0.507 e. The fourth-order valence-electron chi connectivity index (χ4n) is 4.17. The molecule has 0 aliphatic carbocycles. The number of hydrogen-bond donors (Lipinski definition) is 1. The van der Waals surface area contributed by atoms with E-state index in [1.54, 1.807) is 18.2 Å². The SMILES string of the molecule is COc1ccc(/C(O)=C2\C(=O)C(=O)N(c3cccc(C(F)(F)F)c3)C2c2ccc(OC)cc2OC)cc1. The van der Waals surface area contributed by atoms with Crippen molar-refractivity contribution >= 4 is 23.1 Å². The summed E-state index contributed by atoms with van der Waals surface area (Å²) in [7, 11) is 4.26. The topological polar surface area (TPSA) is 85.3 Å². The lowest BCUT2D eigenvalue weighted by Crippen LogP contribution is -2.30. The van der Waals surface area contributed by atoms with Gasteiger partial charge in [0.05, 0.1) is 38.5 Å². The molecule has 1 unspecified atom stereocenters. The number of aliphatic hydroxyl groups excluding tert-OH is 1. The van der Waals surface area contributed by atoms with E-state index in [1.807, 2.05) is 0 Å². The van der Waals surface area contributed by atoms with Gasteiger partial charge in [-0.25, -0.2) is 0 Å². The Balaban J connectivity index is 1.98. The van der Waals surface area contributed by atoms with E-state index in [0.717, 1.165) is 23.1 Å². The van der Waals surface area contributed by atoms with Crippen LogP contribution in [0, 0.1) is 0 Å². The Hall–Kier alpha value is -4.47. The largest absolute Gasteiger partial charge is 0.507 e. The van der Waals surface area contributed by atoms with Gasteiger partial charge in [0.15, 0.2) is 0 Å². The lowest BCUT2D eigenvalue weighted by atomic mass is 9.94. The number of carbonyl (C=O) groups excluding carboxylic acids is 2. The highest BCUT2D eigenvalue weighted by molar-refractivity contribution is 6.51.